The Balaban J connectivity index is 1.69. The van der Waals surface area contributed by atoms with Crippen LogP contribution in [0.5, 0.6) is 17.2 Å². The second kappa shape index (κ2) is 7.99. The van der Waals surface area contributed by atoms with Crippen molar-refractivity contribution in [3.63, 3.8) is 0 Å². The normalized spacial score (nSPS) is 12.6. The summed E-state index contributed by atoms with van der Waals surface area (Å²) in [7, 11) is 4.53. The first-order chi connectivity index (χ1) is 13.5. The van der Waals surface area contributed by atoms with E-state index >= 15 is 0 Å². The molecule has 0 atom stereocenters. The van der Waals surface area contributed by atoms with Gasteiger partial charge >= 0.3 is 0 Å². The smallest absolute Gasteiger partial charge is 0.262 e. The van der Waals surface area contributed by atoms with Crippen LogP contribution in [0.25, 0.3) is 0 Å². The van der Waals surface area contributed by atoms with Gasteiger partial charge in [-0.2, -0.15) is 0 Å². The van der Waals surface area contributed by atoms with Gasteiger partial charge in [-0.25, -0.2) is 0 Å². The fourth-order valence-corrected chi connectivity index (χ4v) is 3.01. The van der Waals surface area contributed by atoms with Crippen LogP contribution >= 0.6 is 0 Å². The van der Waals surface area contributed by atoms with Crippen molar-refractivity contribution in [3.8, 4) is 17.2 Å². The van der Waals surface area contributed by atoms with Crippen LogP contribution in [-0.4, -0.2) is 50.5 Å². The molecule has 1 aliphatic rings. The molecule has 0 fully saturated rings. The lowest BCUT2D eigenvalue weighted by Gasteiger charge is -2.16. The summed E-state index contributed by atoms with van der Waals surface area (Å²) in [4.78, 5) is 38.0. The van der Waals surface area contributed by atoms with Crippen molar-refractivity contribution >= 4 is 17.7 Å². The topological polar surface area (TPSA) is 94.2 Å². The number of nitrogens with zero attached hydrogens (tertiary/aromatic N) is 1. The third-order valence-electron chi connectivity index (χ3n) is 4.44. The van der Waals surface area contributed by atoms with Gasteiger partial charge < -0.3 is 19.5 Å². The van der Waals surface area contributed by atoms with Crippen LogP contribution in [0.2, 0.25) is 0 Å². The summed E-state index contributed by atoms with van der Waals surface area (Å²) in [6.45, 7) is -0.229. The van der Waals surface area contributed by atoms with Crippen molar-refractivity contribution in [1.82, 2.24) is 10.2 Å². The maximum Gasteiger partial charge on any atom is 0.262 e. The van der Waals surface area contributed by atoms with Gasteiger partial charge in [-0.3, -0.25) is 19.3 Å². The highest BCUT2D eigenvalue weighted by atomic mass is 16.5. The van der Waals surface area contributed by atoms with Crippen LogP contribution < -0.4 is 19.5 Å². The summed E-state index contributed by atoms with van der Waals surface area (Å²) >= 11 is 0. The molecule has 1 aliphatic heterocycles. The minimum atomic E-state index is -0.473. The molecule has 3 rings (SSSR count). The predicted octanol–water partition coefficient (Wildman–Crippen LogP) is 1.62. The third kappa shape index (κ3) is 3.48. The summed E-state index contributed by atoms with van der Waals surface area (Å²) in [5.74, 6) is 0.0947. The van der Waals surface area contributed by atoms with E-state index in [-0.39, 0.29) is 13.1 Å². The molecular weight excluding hydrogens is 364 g/mol. The van der Waals surface area contributed by atoms with E-state index in [0.29, 0.717) is 33.9 Å². The zero-order valence-corrected chi connectivity index (χ0v) is 15.8. The highest BCUT2D eigenvalue weighted by molar-refractivity contribution is 6.22. The Morgan fingerprint density at radius 3 is 1.96 bits per heavy atom. The van der Waals surface area contributed by atoms with Gasteiger partial charge in [0.15, 0.2) is 11.5 Å². The van der Waals surface area contributed by atoms with Crippen LogP contribution in [0.4, 0.5) is 0 Å². The lowest BCUT2D eigenvalue weighted by Crippen LogP contribution is -2.40. The van der Waals surface area contributed by atoms with Crippen LogP contribution in [0.1, 0.15) is 26.3 Å². The molecule has 8 heteroatoms. The summed E-state index contributed by atoms with van der Waals surface area (Å²) < 4.78 is 15.8. The highest BCUT2D eigenvalue weighted by Gasteiger charge is 2.36. The highest BCUT2D eigenvalue weighted by Crippen LogP contribution is 2.34. The summed E-state index contributed by atoms with van der Waals surface area (Å²) in [5, 5.41) is 2.70. The van der Waals surface area contributed by atoms with Gasteiger partial charge in [0.05, 0.1) is 32.5 Å². The number of carbonyl (C=O) groups is 3. The van der Waals surface area contributed by atoms with Crippen molar-refractivity contribution in [2.45, 2.75) is 6.54 Å². The molecule has 1 N–H and O–H groups in total. The van der Waals surface area contributed by atoms with Gasteiger partial charge in [0.2, 0.25) is 5.91 Å². The quantitative estimate of drug-likeness (QED) is 0.729. The zero-order chi connectivity index (χ0) is 20.3. The molecule has 8 nitrogen and oxygen atoms in total. The molecule has 146 valence electrons. The van der Waals surface area contributed by atoms with Crippen LogP contribution in [0, 0.1) is 0 Å². The lowest BCUT2D eigenvalue weighted by molar-refractivity contribution is -0.121. The van der Waals surface area contributed by atoms with E-state index in [9.17, 15) is 14.4 Å². The van der Waals surface area contributed by atoms with Crippen LogP contribution in [-0.2, 0) is 11.3 Å². The molecule has 1 heterocycles. The maximum absolute atomic E-state index is 12.3. The molecule has 3 amide bonds. The number of methoxy groups -OCH3 is 3. The molecule has 0 bridgehead atoms. The van der Waals surface area contributed by atoms with Crippen molar-refractivity contribution in [2.75, 3.05) is 27.9 Å². The van der Waals surface area contributed by atoms with E-state index in [4.69, 9.17) is 14.2 Å². The van der Waals surface area contributed by atoms with Gasteiger partial charge in [-0.05, 0) is 18.2 Å². The van der Waals surface area contributed by atoms with E-state index in [0.717, 1.165) is 4.90 Å². The number of amides is 3. The van der Waals surface area contributed by atoms with Crippen LogP contribution in [0.3, 0.4) is 0 Å². The standard InChI is InChI=1S/C20H20N2O6/c1-26-15-9-17(28-3)16(27-2)8-12(15)10-21-18(23)11-22-19(24)13-6-4-5-7-14(13)20(22)25/h4-9H,10-11H2,1-3H3,(H,21,23). The van der Waals surface area contributed by atoms with Gasteiger partial charge in [-0.1, -0.05) is 12.1 Å². The number of carbonyl (C=O) groups excluding carboxylic acids is 3. The fraction of sp³-hybridized carbons (Fsp3) is 0.250. The van der Waals surface area contributed by atoms with E-state index in [2.05, 4.69) is 5.32 Å². The summed E-state index contributed by atoms with van der Waals surface area (Å²) in [6.07, 6.45) is 0. The number of nitrogens with one attached hydrogen (secondary N) is 1. The van der Waals surface area contributed by atoms with Crippen molar-refractivity contribution in [2.24, 2.45) is 0 Å². The molecule has 28 heavy (non-hydrogen) atoms. The Labute approximate surface area is 162 Å². The number of benzene rings is 2. The number of ether oxygens (including phenoxy) is 3. The lowest BCUT2D eigenvalue weighted by atomic mass is 10.1. The minimum absolute atomic E-state index is 0.130. The molecule has 0 saturated carbocycles. The Bertz CT molecular complexity index is 905. The largest absolute Gasteiger partial charge is 0.496 e. The maximum atomic E-state index is 12.3. The van der Waals surface area contributed by atoms with Crippen molar-refractivity contribution in [3.05, 3.63) is 53.1 Å². The average Bonchev–Trinajstić information content (AvgIpc) is 2.96. The number of rotatable bonds is 7. The van der Waals surface area contributed by atoms with E-state index in [1.165, 1.54) is 21.3 Å². The first-order valence-corrected chi connectivity index (χ1v) is 8.51. The summed E-state index contributed by atoms with van der Waals surface area (Å²) in [6, 6.07) is 9.85. The monoisotopic (exact) mass is 384 g/mol. The van der Waals surface area contributed by atoms with Gasteiger partial charge in [0.25, 0.3) is 11.8 Å². The number of hydrogen-bond donors (Lipinski definition) is 1. The van der Waals surface area contributed by atoms with Gasteiger partial charge in [-0.15, -0.1) is 0 Å². The Morgan fingerprint density at radius 2 is 1.43 bits per heavy atom. The average molecular weight is 384 g/mol. The third-order valence-corrected chi connectivity index (χ3v) is 4.44. The van der Waals surface area contributed by atoms with E-state index in [1.807, 2.05) is 0 Å². The van der Waals surface area contributed by atoms with E-state index in [1.54, 1.807) is 36.4 Å². The molecule has 0 unspecified atom stereocenters. The van der Waals surface area contributed by atoms with Gasteiger partial charge in [0.1, 0.15) is 12.3 Å². The number of hydrogen-bond acceptors (Lipinski definition) is 6. The summed E-state index contributed by atoms with van der Waals surface area (Å²) in [5.41, 5.74) is 1.28. The second-order valence-corrected chi connectivity index (χ2v) is 6.04. The number of imide groups is 1. The molecule has 0 aromatic heterocycles. The molecular formula is C20H20N2O6. The molecule has 0 radical (unpaired) electrons. The predicted molar refractivity (Wildman–Crippen MR) is 99.8 cm³/mol. The van der Waals surface area contributed by atoms with Gasteiger partial charge in [0, 0.05) is 18.2 Å². The molecule has 0 aliphatic carbocycles. The Morgan fingerprint density at radius 1 is 0.893 bits per heavy atom. The molecule has 0 spiro atoms. The Kier molecular flexibility index (Phi) is 5.49. The fourth-order valence-electron chi connectivity index (χ4n) is 3.01. The van der Waals surface area contributed by atoms with Crippen LogP contribution in [0.15, 0.2) is 36.4 Å². The molecule has 0 saturated heterocycles. The molecule has 2 aromatic carbocycles. The first kappa shape index (κ1) is 19.2. The number of fused-ring (bicyclic) bond motifs is 1. The first-order valence-electron chi connectivity index (χ1n) is 8.51. The second-order valence-electron chi connectivity index (χ2n) is 6.04. The van der Waals surface area contributed by atoms with Crippen molar-refractivity contribution < 1.29 is 28.6 Å². The SMILES string of the molecule is COc1cc(OC)c(OC)cc1CNC(=O)CN1C(=O)c2ccccc2C1=O. The molecule has 2 aromatic rings. The zero-order valence-electron chi connectivity index (χ0n) is 15.8. The Hall–Kier alpha value is -3.55. The van der Waals surface area contributed by atoms with E-state index < -0.39 is 17.7 Å². The minimum Gasteiger partial charge on any atom is -0.496 e. The van der Waals surface area contributed by atoms with Crippen molar-refractivity contribution in [1.29, 1.82) is 0 Å².